The fourth-order valence-corrected chi connectivity index (χ4v) is 0.656. The van der Waals surface area contributed by atoms with Crippen molar-refractivity contribution < 1.29 is 4.79 Å². The molecule has 0 aromatic heterocycles. The van der Waals surface area contributed by atoms with Crippen LogP contribution in [0.2, 0.25) is 0 Å². The fourth-order valence-electron chi connectivity index (χ4n) is 0.656. The minimum absolute atomic E-state index is 0.0764. The maximum atomic E-state index is 10.5. The molecule has 45 valence electrons. The third kappa shape index (κ3) is 1.52. The van der Waals surface area contributed by atoms with E-state index in [1.54, 1.807) is 0 Å². The topological polar surface area (TPSA) is 29.1 Å². The average Bonchev–Trinajstić information content (AvgIpc) is 2.50. The Kier molecular flexibility index (Phi) is 1.51. The Bertz CT molecular complexity index is 96.7. The second kappa shape index (κ2) is 2.16. The van der Waals surface area contributed by atoms with Gasteiger partial charge in [0.1, 0.15) is 0 Å². The Morgan fingerprint density at radius 2 is 2.38 bits per heavy atom. The van der Waals surface area contributed by atoms with Crippen LogP contribution >= 0.6 is 0 Å². The van der Waals surface area contributed by atoms with Gasteiger partial charge in [-0.05, 0) is 18.8 Å². The highest BCUT2D eigenvalue weighted by atomic mass is 16.1. The molecule has 8 heavy (non-hydrogen) atoms. The monoisotopic (exact) mass is 112 g/mol. The van der Waals surface area contributed by atoms with Crippen LogP contribution in [0.1, 0.15) is 19.3 Å². The number of rotatable bonds is 2. The summed E-state index contributed by atoms with van der Waals surface area (Å²) in [6.45, 7) is 0. The lowest BCUT2D eigenvalue weighted by Crippen LogP contribution is -2.15. The standard InChI is InChI=1S/C6H10NO/c1-7-6(8)4-5-2-3-5/h5H,1-4H2,(H,7,8). The van der Waals surface area contributed by atoms with Crippen molar-refractivity contribution >= 4 is 5.91 Å². The van der Waals surface area contributed by atoms with Gasteiger partial charge in [-0.2, -0.15) is 0 Å². The molecule has 1 radical (unpaired) electrons. The molecule has 1 fully saturated rings. The molecule has 0 saturated heterocycles. The Morgan fingerprint density at radius 1 is 1.75 bits per heavy atom. The van der Waals surface area contributed by atoms with Crippen LogP contribution in [-0.2, 0) is 4.79 Å². The number of nitrogens with one attached hydrogen (secondary N) is 1. The van der Waals surface area contributed by atoms with Crippen LogP contribution in [0.15, 0.2) is 0 Å². The van der Waals surface area contributed by atoms with E-state index < -0.39 is 0 Å². The van der Waals surface area contributed by atoms with Crippen LogP contribution < -0.4 is 5.32 Å². The number of hydrogen-bond acceptors (Lipinski definition) is 1. The molecule has 0 heterocycles. The predicted molar refractivity (Wildman–Crippen MR) is 30.8 cm³/mol. The fraction of sp³-hybridized carbons (Fsp3) is 0.667. The Balaban J connectivity index is 2.07. The van der Waals surface area contributed by atoms with Crippen LogP contribution in [-0.4, -0.2) is 5.91 Å². The lowest BCUT2D eigenvalue weighted by atomic mass is 10.3. The summed E-state index contributed by atoms with van der Waals surface area (Å²) in [5.74, 6) is 0.754. The first-order valence-electron chi connectivity index (χ1n) is 2.89. The van der Waals surface area contributed by atoms with Gasteiger partial charge in [-0.1, -0.05) is 0 Å². The molecule has 0 atom stereocenters. The zero-order valence-corrected chi connectivity index (χ0v) is 4.81. The minimum atomic E-state index is 0.0764. The molecular formula is C6H10NO. The molecule has 1 rings (SSSR count). The lowest BCUT2D eigenvalue weighted by molar-refractivity contribution is -0.120. The van der Waals surface area contributed by atoms with Crippen molar-refractivity contribution in [2.45, 2.75) is 19.3 Å². The van der Waals surface area contributed by atoms with E-state index in [4.69, 9.17) is 0 Å². The van der Waals surface area contributed by atoms with Gasteiger partial charge in [0, 0.05) is 13.5 Å². The summed E-state index contributed by atoms with van der Waals surface area (Å²) in [6, 6.07) is 0. The van der Waals surface area contributed by atoms with Crippen molar-refractivity contribution in [3.8, 4) is 0 Å². The van der Waals surface area contributed by atoms with Gasteiger partial charge in [-0.25, -0.2) is 0 Å². The van der Waals surface area contributed by atoms with Crippen molar-refractivity contribution in [1.29, 1.82) is 0 Å². The molecule has 1 amide bonds. The van der Waals surface area contributed by atoms with Gasteiger partial charge in [0.25, 0.3) is 0 Å². The Hall–Kier alpha value is -0.530. The third-order valence-corrected chi connectivity index (χ3v) is 1.37. The highest BCUT2D eigenvalue weighted by molar-refractivity contribution is 5.76. The summed E-state index contributed by atoms with van der Waals surface area (Å²) in [6.07, 6.45) is 3.14. The van der Waals surface area contributed by atoms with Gasteiger partial charge in [0.15, 0.2) is 0 Å². The molecule has 1 aliphatic carbocycles. The maximum absolute atomic E-state index is 10.5. The van der Waals surface area contributed by atoms with Crippen LogP contribution in [0.3, 0.4) is 0 Å². The molecule has 0 aromatic carbocycles. The van der Waals surface area contributed by atoms with Crippen molar-refractivity contribution in [2.75, 3.05) is 0 Å². The van der Waals surface area contributed by atoms with Gasteiger partial charge in [-0.3, -0.25) is 4.79 Å². The predicted octanol–water partition coefficient (Wildman–Crippen LogP) is 0.694. The van der Waals surface area contributed by atoms with Crippen molar-refractivity contribution in [3.05, 3.63) is 7.05 Å². The first kappa shape index (κ1) is 5.60. The molecule has 0 aliphatic heterocycles. The summed E-state index contributed by atoms with van der Waals surface area (Å²) in [5.41, 5.74) is 0. The third-order valence-electron chi connectivity index (χ3n) is 1.37. The molecule has 1 aliphatic rings. The summed E-state index contributed by atoms with van der Waals surface area (Å²) in [5, 5.41) is 2.35. The highest BCUT2D eigenvalue weighted by Crippen LogP contribution is 2.31. The van der Waals surface area contributed by atoms with Crippen LogP contribution in [0.4, 0.5) is 0 Å². The number of hydrogen-bond donors (Lipinski definition) is 1. The molecule has 0 spiro atoms. The van der Waals surface area contributed by atoms with Crippen molar-refractivity contribution in [1.82, 2.24) is 5.32 Å². The molecule has 1 N–H and O–H groups in total. The molecule has 0 bridgehead atoms. The van der Waals surface area contributed by atoms with E-state index in [0.29, 0.717) is 12.3 Å². The molecule has 2 nitrogen and oxygen atoms in total. The van der Waals surface area contributed by atoms with E-state index in [0.717, 1.165) is 0 Å². The molecular weight excluding hydrogens is 102 g/mol. The molecule has 1 saturated carbocycles. The molecule has 2 heteroatoms. The zero-order chi connectivity index (χ0) is 5.98. The SMILES string of the molecule is [CH2]NC(=O)CC1CC1. The summed E-state index contributed by atoms with van der Waals surface area (Å²) < 4.78 is 0. The zero-order valence-electron chi connectivity index (χ0n) is 4.81. The van der Waals surface area contributed by atoms with E-state index in [1.807, 2.05) is 0 Å². The first-order chi connectivity index (χ1) is 3.83. The van der Waals surface area contributed by atoms with Gasteiger partial charge in [-0.15, -0.1) is 0 Å². The van der Waals surface area contributed by atoms with E-state index in [-0.39, 0.29) is 5.91 Å². The minimum Gasteiger partial charge on any atom is -0.354 e. The van der Waals surface area contributed by atoms with E-state index >= 15 is 0 Å². The van der Waals surface area contributed by atoms with E-state index in [9.17, 15) is 4.79 Å². The first-order valence-corrected chi connectivity index (χ1v) is 2.89. The quantitative estimate of drug-likeness (QED) is 0.559. The van der Waals surface area contributed by atoms with Crippen molar-refractivity contribution in [3.63, 3.8) is 0 Å². The van der Waals surface area contributed by atoms with Crippen molar-refractivity contribution in [2.24, 2.45) is 5.92 Å². The van der Waals surface area contributed by atoms with Gasteiger partial charge < -0.3 is 5.32 Å². The number of carbonyl (C=O) groups excluding carboxylic acids is 1. The normalized spacial score (nSPS) is 18.1. The smallest absolute Gasteiger partial charge is 0.220 e. The highest BCUT2D eigenvalue weighted by Gasteiger charge is 2.23. The van der Waals surface area contributed by atoms with E-state index in [1.165, 1.54) is 12.8 Å². The average molecular weight is 112 g/mol. The van der Waals surface area contributed by atoms with Crippen LogP contribution in [0.25, 0.3) is 0 Å². The summed E-state index contributed by atoms with van der Waals surface area (Å²) in [7, 11) is 3.27. The second-order valence-electron chi connectivity index (χ2n) is 2.25. The Morgan fingerprint density at radius 3 is 2.75 bits per heavy atom. The van der Waals surface area contributed by atoms with Crippen LogP contribution in [0, 0.1) is 13.0 Å². The van der Waals surface area contributed by atoms with Gasteiger partial charge >= 0.3 is 0 Å². The van der Waals surface area contributed by atoms with Gasteiger partial charge in [0.05, 0.1) is 0 Å². The summed E-state index contributed by atoms with van der Waals surface area (Å²) in [4.78, 5) is 10.5. The number of carbonyl (C=O) groups is 1. The largest absolute Gasteiger partial charge is 0.354 e. The molecule has 0 aromatic rings. The van der Waals surface area contributed by atoms with E-state index in [2.05, 4.69) is 12.4 Å². The van der Waals surface area contributed by atoms with Crippen LogP contribution in [0.5, 0.6) is 0 Å². The second-order valence-corrected chi connectivity index (χ2v) is 2.25. The lowest BCUT2D eigenvalue weighted by Gasteiger charge is -1.92. The maximum Gasteiger partial charge on any atom is 0.220 e. The van der Waals surface area contributed by atoms with Gasteiger partial charge in [0.2, 0.25) is 5.91 Å². The summed E-state index contributed by atoms with van der Waals surface area (Å²) >= 11 is 0. The Labute approximate surface area is 49.3 Å². The number of amides is 1. The molecule has 0 unspecified atom stereocenters.